The molecule has 0 aliphatic heterocycles. The first-order valence-corrected chi connectivity index (χ1v) is 4.66. The molecule has 2 heteroatoms. The van der Waals surface area contributed by atoms with Gasteiger partial charge in [0.05, 0.1) is 6.61 Å². The van der Waals surface area contributed by atoms with Crippen LogP contribution >= 0.6 is 0 Å². The first-order valence-electron chi connectivity index (χ1n) is 4.66. The molecule has 0 bridgehead atoms. The summed E-state index contributed by atoms with van der Waals surface area (Å²) in [4.78, 5) is 0. The van der Waals surface area contributed by atoms with Crippen LogP contribution in [0.5, 0.6) is 11.5 Å². The molecule has 0 aliphatic rings. The molecule has 0 fully saturated rings. The van der Waals surface area contributed by atoms with Crippen molar-refractivity contribution in [2.75, 3.05) is 6.61 Å². The van der Waals surface area contributed by atoms with Gasteiger partial charge < -0.3 is 9.84 Å². The lowest BCUT2D eigenvalue weighted by Crippen LogP contribution is -1.96. The second-order valence-corrected chi connectivity index (χ2v) is 3.21. The number of ether oxygens (including phenoxy) is 1. The molecule has 0 saturated heterocycles. The van der Waals surface area contributed by atoms with Gasteiger partial charge in [0.2, 0.25) is 0 Å². The van der Waals surface area contributed by atoms with Gasteiger partial charge in [-0.25, -0.2) is 0 Å². The van der Waals surface area contributed by atoms with Gasteiger partial charge in [0.15, 0.2) is 0 Å². The zero-order chi connectivity index (χ0) is 9.68. The summed E-state index contributed by atoms with van der Waals surface area (Å²) in [6.45, 7) is 4.78. The molecule has 2 nitrogen and oxygen atoms in total. The normalized spacial score (nSPS) is 10.0. The standard InChI is InChI=1S/C11H16O2/c1-3-4-5-13-11-7-9(2)6-10(12)8-11/h6-8,12H,3-5H2,1-2H3. The van der Waals surface area contributed by atoms with Gasteiger partial charge in [0.25, 0.3) is 0 Å². The van der Waals surface area contributed by atoms with E-state index in [4.69, 9.17) is 4.74 Å². The monoisotopic (exact) mass is 180 g/mol. The lowest BCUT2D eigenvalue weighted by atomic mass is 10.2. The highest BCUT2D eigenvalue weighted by molar-refractivity contribution is 5.36. The topological polar surface area (TPSA) is 29.5 Å². The predicted octanol–water partition coefficient (Wildman–Crippen LogP) is 2.88. The maximum atomic E-state index is 9.27. The molecular formula is C11H16O2. The predicted molar refractivity (Wildman–Crippen MR) is 53.2 cm³/mol. The van der Waals surface area contributed by atoms with Crippen molar-refractivity contribution >= 4 is 0 Å². The zero-order valence-electron chi connectivity index (χ0n) is 8.21. The van der Waals surface area contributed by atoms with Crippen molar-refractivity contribution in [2.45, 2.75) is 26.7 Å². The van der Waals surface area contributed by atoms with E-state index in [1.165, 1.54) is 0 Å². The number of phenolic OH excluding ortho intramolecular Hbond substituents is 1. The molecule has 0 unspecified atom stereocenters. The van der Waals surface area contributed by atoms with E-state index in [1.807, 2.05) is 13.0 Å². The van der Waals surface area contributed by atoms with Crippen molar-refractivity contribution in [3.05, 3.63) is 23.8 Å². The molecule has 72 valence electrons. The minimum absolute atomic E-state index is 0.270. The number of aryl methyl sites for hydroxylation is 1. The maximum absolute atomic E-state index is 9.27. The first-order chi connectivity index (χ1) is 6.22. The summed E-state index contributed by atoms with van der Waals surface area (Å²) < 4.78 is 5.45. The van der Waals surface area contributed by atoms with Gasteiger partial charge in [0.1, 0.15) is 11.5 Å². The number of aromatic hydroxyl groups is 1. The van der Waals surface area contributed by atoms with Crippen molar-refractivity contribution in [3.8, 4) is 11.5 Å². The van der Waals surface area contributed by atoms with Crippen molar-refractivity contribution < 1.29 is 9.84 Å². The molecular weight excluding hydrogens is 164 g/mol. The Balaban J connectivity index is 2.56. The van der Waals surface area contributed by atoms with Crippen LogP contribution in [0.15, 0.2) is 18.2 Å². The van der Waals surface area contributed by atoms with Gasteiger partial charge in [-0.05, 0) is 31.0 Å². The third-order valence-electron chi connectivity index (χ3n) is 1.80. The van der Waals surface area contributed by atoms with Gasteiger partial charge in [-0.2, -0.15) is 0 Å². The van der Waals surface area contributed by atoms with Crippen LogP contribution in [-0.4, -0.2) is 11.7 Å². The number of unbranched alkanes of at least 4 members (excludes halogenated alkanes) is 1. The second-order valence-electron chi connectivity index (χ2n) is 3.21. The van der Waals surface area contributed by atoms with Crippen molar-refractivity contribution in [2.24, 2.45) is 0 Å². The van der Waals surface area contributed by atoms with E-state index in [-0.39, 0.29) is 5.75 Å². The van der Waals surface area contributed by atoms with Crippen LogP contribution in [-0.2, 0) is 0 Å². The summed E-state index contributed by atoms with van der Waals surface area (Å²) in [5.41, 5.74) is 1.02. The Morgan fingerprint density at radius 3 is 2.69 bits per heavy atom. The van der Waals surface area contributed by atoms with E-state index in [0.29, 0.717) is 0 Å². The van der Waals surface area contributed by atoms with Crippen molar-refractivity contribution in [1.82, 2.24) is 0 Å². The lowest BCUT2D eigenvalue weighted by Gasteiger charge is -2.06. The van der Waals surface area contributed by atoms with Crippen molar-refractivity contribution in [1.29, 1.82) is 0 Å². The van der Waals surface area contributed by atoms with Gasteiger partial charge in [-0.15, -0.1) is 0 Å². The molecule has 0 aromatic heterocycles. The number of benzene rings is 1. The largest absolute Gasteiger partial charge is 0.508 e. The highest BCUT2D eigenvalue weighted by Crippen LogP contribution is 2.21. The molecule has 0 amide bonds. The quantitative estimate of drug-likeness (QED) is 0.722. The zero-order valence-corrected chi connectivity index (χ0v) is 8.21. The Kier molecular flexibility index (Phi) is 3.62. The maximum Gasteiger partial charge on any atom is 0.123 e. The lowest BCUT2D eigenvalue weighted by molar-refractivity contribution is 0.307. The van der Waals surface area contributed by atoms with E-state index in [9.17, 15) is 5.11 Å². The fourth-order valence-corrected chi connectivity index (χ4v) is 1.15. The first kappa shape index (κ1) is 9.90. The fourth-order valence-electron chi connectivity index (χ4n) is 1.15. The fraction of sp³-hybridized carbons (Fsp3) is 0.455. The van der Waals surface area contributed by atoms with Crippen LogP contribution in [0.3, 0.4) is 0 Å². The van der Waals surface area contributed by atoms with Gasteiger partial charge in [-0.3, -0.25) is 0 Å². The third kappa shape index (κ3) is 3.36. The number of phenols is 1. The Morgan fingerprint density at radius 2 is 2.08 bits per heavy atom. The summed E-state index contributed by atoms with van der Waals surface area (Å²) in [5.74, 6) is 1.03. The molecule has 0 saturated carbocycles. The molecule has 0 atom stereocenters. The summed E-state index contributed by atoms with van der Waals surface area (Å²) in [5, 5.41) is 9.27. The third-order valence-corrected chi connectivity index (χ3v) is 1.80. The van der Waals surface area contributed by atoms with E-state index in [1.54, 1.807) is 12.1 Å². The Labute approximate surface area is 79.2 Å². The molecule has 0 radical (unpaired) electrons. The highest BCUT2D eigenvalue weighted by atomic mass is 16.5. The number of hydrogen-bond donors (Lipinski definition) is 1. The highest BCUT2D eigenvalue weighted by Gasteiger charge is 1.97. The minimum atomic E-state index is 0.270. The van der Waals surface area contributed by atoms with Crippen LogP contribution in [0.1, 0.15) is 25.3 Å². The minimum Gasteiger partial charge on any atom is -0.508 e. The average molecular weight is 180 g/mol. The molecule has 0 spiro atoms. The van der Waals surface area contributed by atoms with Crippen LogP contribution in [0.4, 0.5) is 0 Å². The SMILES string of the molecule is CCCCOc1cc(C)cc(O)c1. The van der Waals surface area contributed by atoms with Crippen LogP contribution in [0, 0.1) is 6.92 Å². The summed E-state index contributed by atoms with van der Waals surface area (Å²) in [7, 11) is 0. The average Bonchev–Trinajstić information content (AvgIpc) is 2.03. The van der Waals surface area contributed by atoms with E-state index < -0.39 is 0 Å². The Hall–Kier alpha value is -1.18. The van der Waals surface area contributed by atoms with Gasteiger partial charge in [-0.1, -0.05) is 13.3 Å². The molecule has 1 N–H and O–H groups in total. The molecule has 13 heavy (non-hydrogen) atoms. The molecule has 1 rings (SSSR count). The molecule has 1 aromatic rings. The van der Waals surface area contributed by atoms with E-state index >= 15 is 0 Å². The van der Waals surface area contributed by atoms with E-state index in [0.717, 1.165) is 30.8 Å². The molecule has 0 heterocycles. The van der Waals surface area contributed by atoms with Crippen LogP contribution in [0.25, 0.3) is 0 Å². The smallest absolute Gasteiger partial charge is 0.123 e. The Morgan fingerprint density at radius 1 is 1.31 bits per heavy atom. The summed E-state index contributed by atoms with van der Waals surface area (Å²) in [6.07, 6.45) is 2.17. The van der Waals surface area contributed by atoms with Crippen LogP contribution in [0.2, 0.25) is 0 Å². The number of rotatable bonds is 4. The second kappa shape index (κ2) is 4.75. The van der Waals surface area contributed by atoms with E-state index in [2.05, 4.69) is 6.92 Å². The molecule has 0 aliphatic carbocycles. The van der Waals surface area contributed by atoms with Gasteiger partial charge in [0, 0.05) is 6.07 Å². The van der Waals surface area contributed by atoms with Crippen molar-refractivity contribution in [3.63, 3.8) is 0 Å². The van der Waals surface area contributed by atoms with Gasteiger partial charge >= 0.3 is 0 Å². The summed E-state index contributed by atoms with van der Waals surface area (Å²) in [6, 6.07) is 5.28. The molecule has 1 aromatic carbocycles. The van der Waals surface area contributed by atoms with Crippen LogP contribution < -0.4 is 4.74 Å². The number of hydrogen-bond acceptors (Lipinski definition) is 2. The summed E-state index contributed by atoms with van der Waals surface area (Å²) >= 11 is 0. The Bertz CT molecular complexity index is 249.